The zero-order valence-corrected chi connectivity index (χ0v) is 16.3. The molecule has 136 valence electrons. The number of ether oxygens (including phenoxy) is 1. The van der Waals surface area contributed by atoms with Gasteiger partial charge in [0, 0.05) is 51.5 Å². The molecule has 2 aliphatic rings. The molecular formula is C16H34N2O4Si. The van der Waals surface area contributed by atoms with Crippen LogP contribution in [0.3, 0.4) is 0 Å². The molecule has 0 N–H and O–H groups in total. The molecule has 6 nitrogen and oxygen atoms in total. The molecule has 0 amide bonds. The van der Waals surface area contributed by atoms with Gasteiger partial charge in [-0.15, -0.1) is 0 Å². The van der Waals surface area contributed by atoms with E-state index in [9.17, 15) is 0 Å². The molecule has 2 rings (SSSR count). The molecule has 2 heterocycles. The smallest absolute Gasteiger partial charge is 0.379 e. The molecule has 0 aromatic rings. The Morgan fingerprint density at radius 1 is 1.30 bits per heavy atom. The van der Waals surface area contributed by atoms with Crippen LogP contribution in [0, 0.1) is 0 Å². The Morgan fingerprint density at radius 3 is 2.87 bits per heavy atom. The lowest BCUT2D eigenvalue weighted by atomic mass is 10.2. The summed E-state index contributed by atoms with van der Waals surface area (Å²) < 4.78 is 24.7. The summed E-state index contributed by atoms with van der Waals surface area (Å²) in [5.74, 6) is 0. The summed E-state index contributed by atoms with van der Waals surface area (Å²) >= 11 is 0. The van der Waals surface area contributed by atoms with E-state index in [4.69, 9.17) is 18.0 Å². The largest absolute Gasteiger partial charge is 0.501 e. The zero-order valence-electron chi connectivity index (χ0n) is 15.3. The van der Waals surface area contributed by atoms with Crippen molar-refractivity contribution in [1.29, 1.82) is 0 Å². The van der Waals surface area contributed by atoms with Crippen molar-refractivity contribution in [2.75, 3.05) is 60.1 Å². The number of nitrogens with zero attached hydrogens (tertiary/aromatic N) is 2. The Morgan fingerprint density at radius 2 is 2.13 bits per heavy atom. The average molecular weight is 347 g/mol. The molecule has 23 heavy (non-hydrogen) atoms. The minimum absolute atomic E-state index is 0.0426. The van der Waals surface area contributed by atoms with Crippen molar-refractivity contribution < 1.29 is 18.0 Å². The Labute approximate surface area is 142 Å². The van der Waals surface area contributed by atoms with Gasteiger partial charge in [0.25, 0.3) is 0 Å². The van der Waals surface area contributed by atoms with Gasteiger partial charge in [0.05, 0.1) is 12.7 Å². The average Bonchev–Trinajstić information content (AvgIpc) is 2.53. The second-order valence-corrected chi connectivity index (χ2v) is 9.48. The van der Waals surface area contributed by atoms with Gasteiger partial charge in [-0.3, -0.25) is 4.90 Å². The van der Waals surface area contributed by atoms with Gasteiger partial charge in [-0.1, -0.05) is 0 Å². The Kier molecular flexibility index (Phi) is 7.94. The lowest BCUT2D eigenvalue weighted by Crippen LogP contribution is -2.53. The highest BCUT2D eigenvalue weighted by molar-refractivity contribution is 6.60. The van der Waals surface area contributed by atoms with Crippen molar-refractivity contribution in [3.63, 3.8) is 0 Å². The monoisotopic (exact) mass is 346 g/mol. The molecule has 0 aliphatic carbocycles. The Balaban J connectivity index is 2.10. The van der Waals surface area contributed by atoms with Crippen molar-refractivity contribution in [1.82, 2.24) is 9.80 Å². The van der Waals surface area contributed by atoms with Crippen molar-refractivity contribution in [3.8, 4) is 0 Å². The molecule has 7 heteroatoms. The molecule has 0 spiro atoms. The van der Waals surface area contributed by atoms with E-state index >= 15 is 0 Å². The minimum atomic E-state index is -2.58. The van der Waals surface area contributed by atoms with E-state index in [2.05, 4.69) is 30.8 Å². The van der Waals surface area contributed by atoms with E-state index in [1.54, 1.807) is 0 Å². The van der Waals surface area contributed by atoms with E-state index in [-0.39, 0.29) is 12.2 Å². The first kappa shape index (κ1) is 19.3. The fourth-order valence-corrected chi connectivity index (χ4v) is 6.11. The van der Waals surface area contributed by atoms with Crippen molar-refractivity contribution in [2.24, 2.45) is 0 Å². The zero-order chi connectivity index (χ0) is 16.7. The molecule has 0 radical (unpaired) electrons. The van der Waals surface area contributed by atoms with Crippen LogP contribution in [0.1, 0.15) is 26.7 Å². The topological polar surface area (TPSA) is 43.4 Å². The number of rotatable bonds is 5. The maximum Gasteiger partial charge on any atom is 0.501 e. The summed E-state index contributed by atoms with van der Waals surface area (Å²) in [5.41, 5.74) is 0. The van der Waals surface area contributed by atoms with E-state index < -0.39 is 8.80 Å². The van der Waals surface area contributed by atoms with Gasteiger partial charge < -0.3 is 22.9 Å². The summed E-state index contributed by atoms with van der Waals surface area (Å²) in [6.45, 7) is 10.3. The fourth-order valence-electron chi connectivity index (χ4n) is 3.14. The molecule has 2 saturated heterocycles. The molecule has 0 aromatic heterocycles. The van der Waals surface area contributed by atoms with Gasteiger partial charge >= 0.3 is 8.80 Å². The van der Waals surface area contributed by atoms with Crippen LogP contribution in [-0.4, -0.2) is 90.9 Å². The van der Waals surface area contributed by atoms with Gasteiger partial charge in [0.2, 0.25) is 0 Å². The van der Waals surface area contributed by atoms with E-state index in [0.717, 1.165) is 51.7 Å². The summed E-state index contributed by atoms with van der Waals surface area (Å²) in [6, 6.07) is 0.860. The van der Waals surface area contributed by atoms with Crippen LogP contribution in [-0.2, 0) is 18.0 Å². The second kappa shape index (κ2) is 9.46. The minimum Gasteiger partial charge on any atom is -0.379 e. The highest BCUT2D eigenvalue weighted by Gasteiger charge is 2.46. The number of likely N-dealkylation sites (N-methyl/N-ethyl adjacent to an activating group) is 1. The summed E-state index contributed by atoms with van der Waals surface area (Å²) in [5, 5.41) is 0. The van der Waals surface area contributed by atoms with E-state index in [1.807, 2.05) is 6.92 Å². The fraction of sp³-hybridized carbons (Fsp3) is 1.00. The molecule has 3 unspecified atom stereocenters. The van der Waals surface area contributed by atoms with Crippen LogP contribution in [0.2, 0.25) is 6.04 Å². The van der Waals surface area contributed by atoms with Gasteiger partial charge in [0.1, 0.15) is 0 Å². The molecule has 3 atom stereocenters. The number of hydrogen-bond acceptors (Lipinski definition) is 6. The first-order valence-corrected chi connectivity index (χ1v) is 10.9. The summed E-state index contributed by atoms with van der Waals surface area (Å²) in [7, 11) is 1.65. The lowest BCUT2D eigenvalue weighted by Gasteiger charge is -2.36. The maximum absolute atomic E-state index is 6.46. The third kappa shape index (κ3) is 6.41. The standard InChI is InChI=1S/C16H34N2O4Si/c1-5-20-23-12-6-11-19-14-16(22-23)13-18(10-9-17(3)4)8-7-15(2)21-23/h15-16H,5-14H2,1-4H3. The predicted octanol–water partition coefficient (Wildman–Crippen LogP) is 1.44. The van der Waals surface area contributed by atoms with Crippen LogP contribution in [0.5, 0.6) is 0 Å². The Hall–Kier alpha value is -0.0231. The molecule has 2 fully saturated rings. The predicted molar refractivity (Wildman–Crippen MR) is 92.7 cm³/mol. The molecule has 2 aliphatic heterocycles. The van der Waals surface area contributed by atoms with Crippen molar-refractivity contribution >= 4 is 8.80 Å². The van der Waals surface area contributed by atoms with Crippen molar-refractivity contribution in [3.05, 3.63) is 0 Å². The first-order chi connectivity index (χ1) is 11.0. The summed E-state index contributed by atoms with van der Waals surface area (Å²) in [6.07, 6.45) is 2.19. The van der Waals surface area contributed by atoms with E-state index in [1.165, 1.54) is 0 Å². The first-order valence-electron chi connectivity index (χ1n) is 8.97. The summed E-state index contributed by atoms with van der Waals surface area (Å²) in [4.78, 5) is 4.70. The van der Waals surface area contributed by atoms with Crippen molar-refractivity contribution in [2.45, 2.75) is 44.9 Å². The van der Waals surface area contributed by atoms with Gasteiger partial charge in [-0.25, -0.2) is 0 Å². The van der Waals surface area contributed by atoms with Crippen LogP contribution < -0.4 is 0 Å². The molecule has 0 saturated carbocycles. The quantitative estimate of drug-likeness (QED) is 0.702. The van der Waals surface area contributed by atoms with Gasteiger partial charge in [0.15, 0.2) is 0 Å². The highest BCUT2D eigenvalue weighted by Crippen LogP contribution is 2.26. The maximum atomic E-state index is 6.46. The second-order valence-electron chi connectivity index (χ2n) is 6.86. The van der Waals surface area contributed by atoms with Crippen LogP contribution >= 0.6 is 0 Å². The van der Waals surface area contributed by atoms with Crippen LogP contribution in [0.25, 0.3) is 0 Å². The SMILES string of the molecule is CCO[Si]12CCCOCC(CN(CCN(C)C)CCC(C)O1)O2. The highest BCUT2D eigenvalue weighted by atomic mass is 28.4. The van der Waals surface area contributed by atoms with Crippen LogP contribution in [0.15, 0.2) is 0 Å². The molecular weight excluding hydrogens is 312 g/mol. The van der Waals surface area contributed by atoms with Crippen LogP contribution in [0.4, 0.5) is 0 Å². The van der Waals surface area contributed by atoms with Gasteiger partial charge in [-0.2, -0.15) is 0 Å². The van der Waals surface area contributed by atoms with Gasteiger partial charge in [-0.05, 0) is 40.8 Å². The lowest BCUT2D eigenvalue weighted by molar-refractivity contribution is -0.0381. The molecule has 2 bridgehead atoms. The third-order valence-electron chi connectivity index (χ3n) is 4.34. The number of fused-ring (bicyclic) bond motifs is 2. The normalized spacial score (nSPS) is 34.3. The van der Waals surface area contributed by atoms with E-state index in [0.29, 0.717) is 13.2 Å². The molecule has 0 aromatic carbocycles. The third-order valence-corrected chi connectivity index (χ3v) is 7.49. The number of hydrogen-bond donors (Lipinski definition) is 0. The Bertz CT molecular complexity index is 348.